The Balaban J connectivity index is 1.21. The summed E-state index contributed by atoms with van der Waals surface area (Å²) in [6, 6.07) is 32.1. The fourth-order valence-electron chi connectivity index (χ4n) is 5.87. The fourth-order valence-corrected chi connectivity index (χ4v) is 5.87. The van der Waals surface area contributed by atoms with Crippen LogP contribution in [0.3, 0.4) is 0 Å². The number of nitrogens with two attached hydrogens (primary N) is 1. The SMILES string of the molecule is CC(NC(=O)c1ccc2c(c1)CCCN2Cc1cccc(-c2ccccc2C(N)=O)c1F)c1ccc2ccccc2c1. The fraction of sp³-hybridized carbons (Fsp3) is 0.167. The van der Waals surface area contributed by atoms with Crippen molar-refractivity contribution >= 4 is 28.3 Å². The van der Waals surface area contributed by atoms with Crippen molar-refractivity contribution in [3.05, 3.63) is 137 Å². The Hall–Kier alpha value is -4.97. The van der Waals surface area contributed by atoms with Crippen LogP contribution >= 0.6 is 0 Å². The summed E-state index contributed by atoms with van der Waals surface area (Å²) in [6.45, 7) is 3.14. The van der Waals surface area contributed by atoms with Gasteiger partial charge >= 0.3 is 0 Å². The number of hydrogen-bond acceptors (Lipinski definition) is 3. The highest BCUT2D eigenvalue weighted by atomic mass is 19.1. The Labute approximate surface area is 244 Å². The molecule has 1 heterocycles. The Morgan fingerprint density at radius 3 is 2.48 bits per heavy atom. The van der Waals surface area contributed by atoms with Crippen LogP contribution in [0, 0.1) is 5.82 Å². The lowest BCUT2D eigenvalue weighted by atomic mass is 9.95. The minimum absolute atomic E-state index is 0.123. The largest absolute Gasteiger partial charge is 0.367 e. The highest BCUT2D eigenvalue weighted by molar-refractivity contribution is 6.00. The second-order valence-corrected chi connectivity index (χ2v) is 10.9. The lowest BCUT2D eigenvalue weighted by Gasteiger charge is -2.32. The van der Waals surface area contributed by atoms with Crippen molar-refractivity contribution in [2.24, 2.45) is 5.73 Å². The van der Waals surface area contributed by atoms with Crippen molar-refractivity contribution in [2.45, 2.75) is 32.4 Å². The van der Waals surface area contributed by atoms with Crippen molar-refractivity contribution in [1.29, 1.82) is 0 Å². The van der Waals surface area contributed by atoms with E-state index in [0.29, 0.717) is 28.8 Å². The van der Waals surface area contributed by atoms with Crippen molar-refractivity contribution in [3.8, 4) is 11.1 Å². The molecular weight excluding hydrogens is 525 g/mol. The predicted molar refractivity (Wildman–Crippen MR) is 166 cm³/mol. The average molecular weight is 558 g/mol. The number of aryl methyl sites for hydroxylation is 1. The number of nitrogens with one attached hydrogen (secondary N) is 1. The molecular formula is C36H32FN3O2. The van der Waals surface area contributed by atoms with Gasteiger partial charge in [-0.05, 0) is 77.6 Å². The van der Waals surface area contributed by atoms with Crippen LogP contribution in [-0.2, 0) is 13.0 Å². The first-order chi connectivity index (χ1) is 20.4. The van der Waals surface area contributed by atoms with Gasteiger partial charge in [-0.25, -0.2) is 4.39 Å². The van der Waals surface area contributed by atoms with Gasteiger partial charge in [0.2, 0.25) is 5.91 Å². The van der Waals surface area contributed by atoms with E-state index in [4.69, 9.17) is 5.73 Å². The molecule has 0 saturated heterocycles. The molecule has 3 N–H and O–H groups in total. The molecule has 0 fully saturated rings. The van der Waals surface area contributed by atoms with Gasteiger partial charge in [0.05, 0.1) is 6.04 Å². The van der Waals surface area contributed by atoms with Crippen molar-refractivity contribution in [3.63, 3.8) is 0 Å². The number of carbonyl (C=O) groups is 2. The number of carbonyl (C=O) groups excluding carboxylic acids is 2. The monoisotopic (exact) mass is 557 g/mol. The third-order valence-corrected chi connectivity index (χ3v) is 8.10. The molecule has 210 valence electrons. The Morgan fingerprint density at radius 2 is 1.64 bits per heavy atom. The summed E-state index contributed by atoms with van der Waals surface area (Å²) in [5, 5.41) is 5.45. The first kappa shape index (κ1) is 27.2. The van der Waals surface area contributed by atoms with Crippen LogP contribution in [0.25, 0.3) is 21.9 Å². The molecule has 2 amide bonds. The van der Waals surface area contributed by atoms with Crippen LogP contribution in [-0.4, -0.2) is 18.4 Å². The van der Waals surface area contributed by atoms with E-state index in [2.05, 4.69) is 40.5 Å². The molecule has 0 spiro atoms. The molecule has 1 unspecified atom stereocenters. The van der Waals surface area contributed by atoms with Gasteiger partial charge < -0.3 is 16.0 Å². The Kier molecular flexibility index (Phi) is 7.44. The summed E-state index contributed by atoms with van der Waals surface area (Å²) in [5.41, 5.74) is 10.9. The summed E-state index contributed by atoms with van der Waals surface area (Å²) < 4.78 is 15.8. The highest BCUT2D eigenvalue weighted by Crippen LogP contribution is 2.33. The van der Waals surface area contributed by atoms with Crippen LogP contribution in [0.15, 0.2) is 103 Å². The minimum Gasteiger partial charge on any atom is -0.367 e. The zero-order valence-electron chi connectivity index (χ0n) is 23.4. The summed E-state index contributed by atoms with van der Waals surface area (Å²) >= 11 is 0. The smallest absolute Gasteiger partial charge is 0.251 e. The van der Waals surface area contributed by atoms with Crippen LogP contribution in [0.4, 0.5) is 10.1 Å². The Morgan fingerprint density at radius 1 is 0.881 bits per heavy atom. The maximum absolute atomic E-state index is 15.8. The van der Waals surface area contributed by atoms with E-state index in [0.717, 1.165) is 41.6 Å². The molecule has 1 atom stereocenters. The molecule has 5 nitrogen and oxygen atoms in total. The van der Waals surface area contributed by atoms with Crippen LogP contribution < -0.4 is 16.0 Å². The second kappa shape index (κ2) is 11.5. The first-order valence-corrected chi connectivity index (χ1v) is 14.2. The molecule has 0 bridgehead atoms. The number of rotatable bonds is 7. The van der Waals surface area contributed by atoms with Gasteiger partial charge in [-0.1, -0.05) is 72.8 Å². The maximum Gasteiger partial charge on any atom is 0.251 e. The molecule has 0 aliphatic carbocycles. The molecule has 0 saturated carbocycles. The zero-order valence-corrected chi connectivity index (χ0v) is 23.4. The van der Waals surface area contributed by atoms with E-state index in [1.165, 1.54) is 5.39 Å². The van der Waals surface area contributed by atoms with Crippen LogP contribution in [0.5, 0.6) is 0 Å². The van der Waals surface area contributed by atoms with Crippen LogP contribution in [0.2, 0.25) is 0 Å². The van der Waals surface area contributed by atoms with Gasteiger partial charge in [0.1, 0.15) is 5.82 Å². The quantitative estimate of drug-likeness (QED) is 0.222. The highest BCUT2D eigenvalue weighted by Gasteiger charge is 2.22. The van der Waals surface area contributed by atoms with E-state index in [1.807, 2.05) is 37.3 Å². The maximum atomic E-state index is 15.8. The molecule has 0 aromatic heterocycles. The van der Waals surface area contributed by atoms with E-state index in [1.54, 1.807) is 42.5 Å². The van der Waals surface area contributed by atoms with Gasteiger partial charge in [0.25, 0.3) is 5.91 Å². The van der Waals surface area contributed by atoms with E-state index >= 15 is 4.39 Å². The summed E-state index contributed by atoms with van der Waals surface area (Å²) in [5.74, 6) is -1.08. The summed E-state index contributed by atoms with van der Waals surface area (Å²) in [4.78, 5) is 27.4. The molecule has 5 aromatic carbocycles. The van der Waals surface area contributed by atoms with Gasteiger partial charge in [-0.15, -0.1) is 0 Å². The summed E-state index contributed by atoms with van der Waals surface area (Å²) in [7, 11) is 0. The third-order valence-electron chi connectivity index (χ3n) is 8.10. The normalized spacial score (nSPS) is 13.4. The van der Waals surface area contributed by atoms with Crippen molar-refractivity contribution < 1.29 is 14.0 Å². The number of halogens is 1. The number of fused-ring (bicyclic) bond motifs is 2. The van der Waals surface area contributed by atoms with Gasteiger partial charge in [-0.3, -0.25) is 9.59 Å². The average Bonchev–Trinajstić information content (AvgIpc) is 3.01. The minimum atomic E-state index is -0.591. The van der Waals surface area contributed by atoms with E-state index in [9.17, 15) is 9.59 Å². The third kappa shape index (κ3) is 5.36. The second-order valence-electron chi connectivity index (χ2n) is 10.9. The van der Waals surface area contributed by atoms with Crippen LogP contribution in [0.1, 0.15) is 56.8 Å². The lowest BCUT2D eigenvalue weighted by Crippen LogP contribution is -2.30. The summed E-state index contributed by atoms with van der Waals surface area (Å²) in [6.07, 6.45) is 1.75. The molecule has 42 heavy (non-hydrogen) atoms. The first-order valence-electron chi connectivity index (χ1n) is 14.2. The molecule has 6 rings (SSSR count). The number of amides is 2. The number of benzene rings is 5. The van der Waals surface area contributed by atoms with Gasteiger partial charge in [0, 0.05) is 41.0 Å². The number of hydrogen-bond donors (Lipinski definition) is 2. The topological polar surface area (TPSA) is 75.4 Å². The number of primary amides is 1. The molecule has 0 radical (unpaired) electrons. The predicted octanol–water partition coefficient (Wildman–Crippen LogP) is 7.19. The van der Waals surface area contributed by atoms with Gasteiger partial charge in [0.15, 0.2) is 0 Å². The van der Waals surface area contributed by atoms with E-state index in [-0.39, 0.29) is 23.3 Å². The standard InChI is InChI=1S/C36H32FN3O2/c1-23(25-16-15-24-8-2-3-9-26(24)20-25)39-36(42)28-17-18-33-27(21-28)11-7-19-40(33)22-29-10-6-14-31(34(29)37)30-12-4-5-13-32(30)35(38)41/h2-6,8-10,12-18,20-21,23H,7,11,19,22H2,1H3,(H2,38,41)(H,39,42). The Bertz CT molecular complexity index is 1820. The number of nitrogens with zero attached hydrogens (tertiary/aromatic N) is 1. The molecule has 5 aromatic rings. The van der Waals surface area contributed by atoms with Crippen molar-refractivity contribution in [1.82, 2.24) is 5.32 Å². The lowest BCUT2D eigenvalue weighted by molar-refractivity contribution is 0.0938. The molecule has 1 aliphatic heterocycles. The number of anilines is 1. The molecule has 1 aliphatic rings. The molecule has 6 heteroatoms. The van der Waals surface area contributed by atoms with E-state index < -0.39 is 5.91 Å². The van der Waals surface area contributed by atoms with Gasteiger partial charge in [-0.2, -0.15) is 0 Å². The zero-order chi connectivity index (χ0) is 29.2. The van der Waals surface area contributed by atoms with Crippen molar-refractivity contribution in [2.75, 3.05) is 11.4 Å².